The van der Waals surface area contributed by atoms with Gasteiger partial charge in [-0.3, -0.25) is 14.8 Å². The van der Waals surface area contributed by atoms with Crippen LogP contribution in [-0.2, 0) is 6.42 Å². The number of aromatic nitrogens is 3. The van der Waals surface area contributed by atoms with Crippen LogP contribution in [0.4, 0.5) is 5.95 Å². The van der Waals surface area contributed by atoms with Gasteiger partial charge in [0.2, 0.25) is 5.95 Å². The SMILES string of the molecule is COc1ccc(CCNc2nc(-c3ccncc3)cc(=O)[nH]2)cc1OC. The van der Waals surface area contributed by atoms with Crippen molar-refractivity contribution in [2.45, 2.75) is 6.42 Å². The van der Waals surface area contributed by atoms with E-state index in [1.807, 2.05) is 30.3 Å². The number of pyridine rings is 1. The Balaban J connectivity index is 1.69. The fourth-order valence-electron chi connectivity index (χ4n) is 2.57. The van der Waals surface area contributed by atoms with Crippen LogP contribution in [0.15, 0.2) is 53.6 Å². The third-order valence-corrected chi connectivity index (χ3v) is 3.87. The summed E-state index contributed by atoms with van der Waals surface area (Å²) in [5.41, 5.74) is 2.32. The molecule has 0 radical (unpaired) electrons. The van der Waals surface area contributed by atoms with Crippen molar-refractivity contribution < 1.29 is 9.47 Å². The lowest BCUT2D eigenvalue weighted by Crippen LogP contribution is -2.14. The lowest BCUT2D eigenvalue weighted by Gasteiger charge is -2.10. The van der Waals surface area contributed by atoms with E-state index in [1.165, 1.54) is 6.07 Å². The van der Waals surface area contributed by atoms with Gasteiger partial charge in [-0.2, -0.15) is 0 Å². The van der Waals surface area contributed by atoms with E-state index >= 15 is 0 Å². The topological polar surface area (TPSA) is 89.1 Å². The van der Waals surface area contributed by atoms with Crippen molar-refractivity contribution in [2.75, 3.05) is 26.1 Å². The maximum atomic E-state index is 11.9. The average Bonchev–Trinajstić information content (AvgIpc) is 2.68. The molecule has 0 bridgehead atoms. The van der Waals surface area contributed by atoms with Gasteiger partial charge in [0.05, 0.1) is 19.9 Å². The molecule has 0 aliphatic heterocycles. The summed E-state index contributed by atoms with van der Waals surface area (Å²) < 4.78 is 10.6. The number of hydrogen-bond donors (Lipinski definition) is 2. The van der Waals surface area contributed by atoms with Gasteiger partial charge in [0.25, 0.3) is 5.56 Å². The lowest BCUT2D eigenvalue weighted by atomic mass is 10.1. The van der Waals surface area contributed by atoms with Gasteiger partial charge in [-0.25, -0.2) is 4.98 Å². The van der Waals surface area contributed by atoms with Crippen molar-refractivity contribution in [3.63, 3.8) is 0 Å². The molecule has 0 saturated carbocycles. The van der Waals surface area contributed by atoms with Crippen molar-refractivity contribution in [3.05, 3.63) is 64.7 Å². The Labute approximate surface area is 151 Å². The minimum absolute atomic E-state index is 0.208. The number of H-pyrrole nitrogens is 1. The van der Waals surface area contributed by atoms with Crippen LogP contribution in [0.5, 0.6) is 11.5 Å². The summed E-state index contributed by atoms with van der Waals surface area (Å²) in [6.07, 6.45) is 4.08. The highest BCUT2D eigenvalue weighted by atomic mass is 16.5. The number of hydrogen-bond acceptors (Lipinski definition) is 6. The van der Waals surface area contributed by atoms with Gasteiger partial charge in [0.1, 0.15) is 0 Å². The van der Waals surface area contributed by atoms with Crippen molar-refractivity contribution in [1.82, 2.24) is 15.0 Å². The molecule has 0 aliphatic carbocycles. The smallest absolute Gasteiger partial charge is 0.252 e. The van der Waals surface area contributed by atoms with E-state index < -0.39 is 0 Å². The van der Waals surface area contributed by atoms with Gasteiger partial charge < -0.3 is 14.8 Å². The van der Waals surface area contributed by atoms with E-state index in [0.29, 0.717) is 29.7 Å². The summed E-state index contributed by atoms with van der Waals surface area (Å²) >= 11 is 0. The fraction of sp³-hybridized carbons (Fsp3) is 0.211. The fourth-order valence-corrected chi connectivity index (χ4v) is 2.57. The second kappa shape index (κ2) is 8.15. The molecule has 26 heavy (non-hydrogen) atoms. The Morgan fingerprint density at radius 3 is 2.54 bits per heavy atom. The molecule has 2 aromatic heterocycles. The number of nitrogens with zero attached hydrogens (tertiary/aromatic N) is 2. The number of rotatable bonds is 7. The monoisotopic (exact) mass is 352 g/mol. The van der Waals surface area contributed by atoms with Gasteiger partial charge in [-0.1, -0.05) is 6.07 Å². The predicted octanol–water partition coefficient (Wildman–Crippen LogP) is 2.50. The molecular weight excluding hydrogens is 332 g/mol. The third kappa shape index (κ3) is 4.18. The molecule has 0 saturated heterocycles. The molecule has 134 valence electrons. The number of methoxy groups -OCH3 is 2. The Kier molecular flexibility index (Phi) is 5.48. The van der Waals surface area contributed by atoms with E-state index in [9.17, 15) is 4.79 Å². The van der Waals surface area contributed by atoms with E-state index in [-0.39, 0.29) is 5.56 Å². The zero-order valence-electron chi connectivity index (χ0n) is 14.7. The second-order valence-electron chi connectivity index (χ2n) is 5.58. The Hall–Kier alpha value is -3.35. The third-order valence-electron chi connectivity index (χ3n) is 3.87. The van der Waals surface area contributed by atoms with Crippen LogP contribution < -0.4 is 20.3 Å². The molecule has 3 aromatic rings. The number of nitrogens with one attached hydrogen (secondary N) is 2. The summed E-state index contributed by atoms with van der Waals surface area (Å²) in [7, 11) is 3.22. The first-order chi connectivity index (χ1) is 12.7. The zero-order chi connectivity index (χ0) is 18.4. The van der Waals surface area contributed by atoms with Crippen molar-refractivity contribution in [1.29, 1.82) is 0 Å². The molecule has 3 rings (SSSR count). The Bertz CT molecular complexity index is 926. The van der Waals surface area contributed by atoms with Crippen LogP contribution in [-0.4, -0.2) is 35.7 Å². The highest BCUT2D eigenvalue weighted by Gasteiger charge is 2.06. The minimum Gasteiger partial charge on any atom is -0.493 e. The van der Waals surface area contributed by atoms with Crippen LogP contribution in [0.2, 0.25) is 0 Å². The summed E-state index contributed by atoms with van der Waals surface area (Å²) in [4.78, 5) is 23.0. The van der Waals surface area contributed by atoms with Crippen LogP contribution in [0.3, 0.4) is 0 Å². The van der Waals surface area contributed by atoms with E-state index in [2.05, 4.69) is 20.3 Å². The molecule has 0 atom stereocenters. The molecule has 0 aliphatic rings. The molecular formula is C19H20N4O3. The largest absolute Gasteiger partial charge is 0.493 e. The van der Waals surface area contributed by atoms with Crippen molar-refractivity contribution in [2.24, 2.45) is 0 Å². The van der Waals surface area contributed by atoms with Gasteiger partial charge in [0.15, 0.2) is 11.5 Å². The average molecular weight is 352 g/mol. The van der Waals surface area contributed by atoms with E-state index in [0.717, 1.165) is 17.5 Å². The molecule has 1 aromatic carbocycles. The Morgan fingerprint density at radius 2 is 1.81 bits per heavy atom. The van der Waals surface area contributed by atoms with Crippen LogP contribution in [0.1, 0.15) is 5.56 Å². The summed E-state index contributed by atoms with van der Waals surface area (Å²) in [6.45, 7) is 0.609. The maximum Gasteiger partial charge on any atom is 0.252 e. The zero-order valence-corrected chi connectivity index (χ0v) is 14.7. The normalized spacial score (nSPS) is 10.4. The van der Waals surface area contributed by atoms with Crippen LogP contribution in [0.25, 0.3) is 11.3 Å². The van der Waals surface area contributed by atoms with Crippen molar-refractivity contribution >= 4 is 5.95 Å². The number of aromatic amines is 1. The standard InChI is InChI=1S/C19H20N4O3/c1-25-16-4-3-13(11-17(16)26-2)5-10-21-19-22-15(12-18(24)23-19)14-6-8-20-9-7-14/h3-4,6-9,11-12H,5,10H2,1-2H3,(H2,21,22,23,24). The molecule has 0 amide bonds. The van der Waals surface area contributed by atoms with Gasteiger partial charge in [0, 0.05) is 30.6 Å². The quantitative estimate of drug-likeness (QED) is 0.679. The molecule has 0 spiro atoms. The van der Waals surface area contributed by atoms with E-state index in [4.69, 9.17) is 9.47 Å². The lowest BCUT2D eigenvalue weighted by molar-refractivity contribution is 0.354. The maximum absolute atomic E-state index is 11.9. The molecule has 7 nitrogen and oxygen atoms in total. The predicted molar refractivity (Wildman–Crippen MR) is 99.8 cm³/mol. The first kappa shape index (κ1) is 17.5. The number of benzene rings is 1. The molecule has 2 N–H and O–H groups in total. The number of anilines is 1. The van der Waals surface area contributed by atoms with Crippen LogP contribution >= 0.6 is 0 Å². The number of ether oxygens (including phenoxy) is 2. The molecule has 0 fully saturated rings. The van der Waals surface area contributed by atoms with Gasteiger partial charge >= 0.3 is 0 Å². The highest BCUT2D eigenvalue weighted by molar-refractivity contribution is 5.59. The molecule has 7 heteroatoms. The summed E-state index contributed by atoms with van der Waals surface area (Å²) in [6, 6.07) is 10.9. The molecule has 2 heterocycles. The van der Waals surface area contributed by atoms with Gasteiger partial charge in [-0.15, -0.1) is 0 Å². The molecule has 0 unspecified atom stereocenters. The van der Waals surface area contributed by atoms with Crippen molar-refractivity contribution in [3.8, 4) is 22.8 Å². The first-order valence-electron chi connectivity index (χ1n) is 8.16. The van der Waals surface area contributed by atoms with Gasteiger partial charge in [-0.05, 0) is 36.2 Å². The summed E-state index contributed by atoms with van der Waals surface area (Å²) in [5.74, 6) is 1.82. The second-order valence-corrected chi connectivity index (χ2v) is 5.58. The van der Waals surface area contributed by atoms with Crippen LogP contribution in [0, 0.1) is 0 Å². The Morgan fingerprint density at radius 1 is 1.04 bits per heavy atom. The minimum atomic E-state index is -0.208. The van der Waals surface area contributed by atoms with E-state index in [1.54, 1.807) is 26.6 Å². The summed E-state index contributed by atoms with van der Waals surface area (Å²) in [5, 5.41) is 3.16. The first-order valence-corrected chi connectivity index (χ1v) is 8.16. The highest BCUT2D eigenvalue weighted by Crippen LogP contribution is 2.27.